The van der Waals surface area contributed by atoms with Crippen LogP contribution in [0.5, 0.6) is 0 Å². The molecule has 0 aromatic carbocycles. The second-order valence-corrected chi connectivity index (χ2v) is 3.86. The fourth-order valence-electron chi connectivity index (χ4n) is 1.81. The molecule has 1 aromatic heterocycles. The van der Waals surface area contributed by atoms with Crippen molar-refractivity contribution in [2.45, 2.75) is 19.9 Å². The van der Waals surface area contributed by atoms with E-state index in [0.717, 1.165) is 12.2 Å². The van der Waals surface area contributed by atoms with E-state index in [9.17, 15) is 9.59 Å². The molecule has 6 heteroatoms. The van der Waals surface area contributed by atoms with Crippen molar-refractivity contribution in [1.29, 1.82) is 0 Å². The predicted octanol–water partition coefficient (Wildman–Crippen LogP) is -0.259. The van der Waals surface area contributed by atoms with E-state index in [1.165, 1.54) is 0 Å². The highest BCUT2D eigenvalue weighted by molar-refractivity contribution is 5.99. The molecular weight excluding hydrogens is 208 g/mol. The average molecular weight is 222 g/mol. The number of hydrogen-bond donors (Lipinski definition) is 1. The molecule has 2 amide bonds. The van der Waals surface area contributed by atoms with Gasteiger partial charge < -0.3 is 10.6 Å². The largest absolute Gasteiger partial charge is 0.369 e. The fraction of sp³-hybridized carbons (Fsp3) is 0.500. The van der Waals surface area contributed by atoms with Crippen LogP contribution in [0.1, 0.15) is 13.3 Å². The number of nitrogens with zero attached hydrogens (tertiary/aromatic N) is 3. The van der Waals surface area contributed by atoms with Gasteiger partial charge in [-0.3, -0.25) is 14.3 Å². The van der Waals surface area contributed by atoms with Crippen LogP contribution in [0.25, 0.3) is 0 Å². The summed E-state index contributed by atoms with van der Waals surface area (Å²) < 4.78 is 1.74. The van der Waals surface area contributed by atoms with Crippen LogP contribution in [0.4, 0.5) is 5.69 Å². The molecule has 6 nitrogen and oxygen atoms in total. The Labute approximate surface area is 93.0 Å². The molecule has 1 aliphatic rings. The topological polar surface area (TPSA) is 81.2 Å². The first-order valence-electron chi connectivity index (χ1n) is 5.24. The molecule has 2 rings (SSSR count). The molecule has 0 bridgehead atoms. The Balaban J connectivity index is 2.16. The molecule has 2 N–H and O–H groups in total. The van der Waals surface area contributed by atoms with Gasteiger partial charge in [-0.15, -0.1) is 0 Å². The van der Waals surface area contributed by atoms with Crippen LogP contribution >= 0.6 is 0 Å². The first-order valence-corrected chi connectivity index (χ1v) is 5.24. The minimum absolute atomic E-state index is 0.0700. The lowest BCUT2D eigenvalue weighted by Gasteiger charge is -2.12. The number of anilines is 1. The minimum Gasteiger partial charge on any atom is -0.369 e. The maximum absolute atomic E-state index is 11.7. The number of carbonyl (C=O) groups is 2. The SMILES string of the molecule is CCn1cc(N2CC(C(N)=O)CC2=O)cn1. The van der Waals surface area contributed by atoms with E-state index in [1.54, 1.807) is 22.0 Å². The molecule has 0 aliphatic carbocycles. The minimum atomic E-state index is -0.418. The van der Waals surface area contributed by atoms with Gasteiger partial charge in [0.1, 0.15) is 0 Å². The zero-order valence-corrected chi connectivity index (χ0v) is 9.09. The summed E-state index contributed by atoms with van der Waals surface area (Å²) in [4.78, 5) is 24.2. The van der Waals surface area contributed by atoms with Crippen molar-refractivity contribution in [2.24, 2.45) is 11.7 Å². The standard InChI is InChI=1S/C10H14N4O2/c1-2-13-6-8(4-12-13)14-5-7(10(11)16)3-9(14)15/h4,6-7H,2-3,5H2,1H3,(H2,11,16). The molecule has 2 heterocycles. The highest BCUT2D eigenvalue weighted by atomic mass is 16.2. The zero-order chi connectivity index (χ0) is 11.7. The van der Waals surface area contributed by atoms with Crippen molar-refractivity contribution in [2.75, 3.05) is 11.4 Å². The predicted molar refractivity (Wildman–Crippen MR) is 57.6 cm³/mol. The van der Waals surface area contributed by atoms with Crippen molar-refractivity contribution < 1.29 is 9.59 Å². The summed E-state index contributed by atoms with van der Waals surface area (Å²) in [6.07, 6.45) is 3.62. The van der Waals surface area contributed by atoms with Crippen molar-refractivity contribution in [3.05, 3.63) is 12.4 Å². The molecule has 1 aliphatic heterocycles. The second kappa shape index (κ2) is 3.96. The quantitative estimate of drug-likeness (QED) is 0.765. The molecule has 0 saturated carbocycles. The van der Waals surface area contributed by atoms with Crippen LogP contribution in [0.2, 0.25) is 0 Å². The number of carbonyl (C=O) groups excluding carboxylic acids is 2. The van der Waals surface area contributed by atoms with Crippen molar-refractivity contribution >= 4 is 17.5 Å². The van der Waals surface area contributed by atoms with Crippen molar-refractivity contribution in [3.63, 3.8) is 0 Å². The fourth-order valence-corrected chi connectivity index (χ4v) is 1.81. The van der Waals surface area contributed by atoms with Crippen LogP contribution in [0, 0.1) is 5.92 Å². The van der Waals surface area contributed by atoms with Gasteiger partial charge in [0.15, 0.2) is 0 Å². The van der Waals surface area contributed by atoms with Gasteiger partial charge in [-0.1, -0.05) is 0 Å². The molecule has 0 radical (unpaired) electrons. The number of amides is 2. The van der Waals surface area contributed by atoms with Crippen LogP contribution < -0.4 is 10.6 Å². The Morgan fingerprint density at radius 3 is 2.94 bits per heavy atom. The Bertz CT molecular complexity index is 426. The summed E-state index contributed by atoms with van der Waals surface area (Å²) >= 11 is 0. The lowest BCUT2D eigenvalue weighted by Crippen LogP contribution is -2.28. The van der Waals surface area contributed by atoms with E-state index in [4.69, 9.17) is 5.73 Å². The maximum Gasteiger partial charge on any atom is 0.227 e. The van der Waals surface area contributed by atoms with Gasteiger partial charge >= 0.3 is 0 Å². The van der Waals surface area contributed by atoms with Gasteiger partial charge in [0.2, 0.25) is 11.8 Å². The van der Waals surface area contributed by atoms with Crippen molar-refractivity contribution in [1.82, 2.24) is 9.78 Å². The number of aryl methyl sites for hydroxylation is 1. The normalized spacial score (nSPS) is 20.4. The molecule has 16 heavy (non-hydrogen) atoms. The monoisotopic (exact) mass is 222 g/mol. The van der Waals surface area contributed by atoms with Gasteiger partial charge in [-0.25, -0.2) is 0 Å². The van der Waals surface area contributed by atoms with Crippen LogP contribution in [0.3, 0.4) is 0 Å². The smallest absolute Gasteiger partial charge is 0.227 e. The summed E-state index contributed by atoms with van der Waals surface area (Å²) in [6, 6.07) is 0. The Kier molecular flexibility index (Phi) is 2.64. The first-order chi connectivity index (χ1) is 7.61. The lowest BCUT2D eigenvalue weighted by atomic mass is 10.1. The third kappa shape index (κ3) is 1.78. The third-order valence-electron chi connectivity index (χ3n) is 2.78. The zero-order valence-electron chi connectivity index (χ0n) is 9.09. The van der Waals surface area contributed by atoms with Gasteiger partial charge in [0.25, 0.3) is 0 Å². The van der Waals surface area contributed by atoms with E-state index in [2.05, 4.69) is 5.10 Å². The Hall–Kier alpha value is -1.85. The highest BCUT2D eigenvalue weighted by Crippen LogP contribution is 2.24. The molecule has 1 atom stereocenters. The molecule has 1 fully saturated rings. The molecule has 1 unspecified atom stereocenters. The Morgan fingerprint density at radius 2 is 2.44 bits per heavy atom. The second-order valence-electron chi connectivity index (χ2n) is 3.86. The molecular formula is C10H14N4O2. The van der Waals surface area contributed by atoms with Crippen LogP contribution in [0.15, 0.2) is 12.4 Å². The lowest BCUT2D eigenvalue weighted by molar-refractivity contribution is -0.123. The van der Waals surface area contributed by atoms with E-state index in [1.807, 2.05) is 6.92 Å². The summed E-state index contributed by atoms with van der Waals surface area (Å²) in [7, 11) is 0. The average Bonchev–Trinajstić information content (AvgIpc) is 2.83. The Morgan fingerprint density at radius 1 is 1.69 bits per heavy atom. The summed E-state index contributed by atoms with van der Waals surface area (Å²) in [5.41, 5.74) is 5.93. The number of nitrogens with two attached hydrogens (primary N) is 1. The maximum atomic E-state index is 11.7. The first kappa shape index (κ1) is 10.7. The summed E-state index contributed by atoms with van der Waals surface area (Å²) in [6.45, 7) is 3.08. The number of aromatic nitrogens is 2. The summed E-state index contributed by atoms with van der Waals surface area (Å²) in [5.74, 6) is -0.865. The van der Waals surface area contributed by atoms with Crippen molar-refractivity contribution in [3.8, 4) is 0 Å². The molecule has 1 aromatic rings. The highest BCUT2D eigenvalue weighted by Gasteiger charge is 2.34. The summed E-state index contributed by atoms with van der Waals surface area (Å²) in [5, 5.41) is 4.09. The van der Waals surface area contributed by atoms with Crippen LogP contribution in [-0.2, 0) is 16.1 Å². The van der Waals surface area contributed by atoms with Gasteiger partial charge in [-0.05, 0) is 6.92 Å². The number of rotatable bonds is 3. The van der Waals surface area contributed by atoms with E-state index in [-0.39, 0.29) is 18.2 Å². The molecule has 0 spiro atoms. The molecule has 86 valence electrons. The molecule has 1 saturated heterocycles. The van der Waals surface area contributed by atoms with Gasteiger partial charge in [0, 0.05) is 25.7 Å². The number of primary amides is 1. The van der Waals surface area contributed by atoms with E-state index in [0.29, 0.717) is 6.54 Å². The van der Waals surface area contributed by atoms with Gasteiger partial charge in [0.05, 0.1) is 17.8 Å². The van der Waals surface area contributed by atoms with Crippen LogP contribution in [-0.4, -0.2) is 28.1 Å². The third-order valence-corrected chi connectivity index (χ3v) is 2.78. The van der Waals surface area contributed by atoms with E-state index >= 15 is 0 Å². The number of hydrogen-bond acceptors (Lipinski definition) is 3. The van der Waals surface area contributed by atoms with E-state index < -0.39 is 5.91 Å². The van der Waals surface area contributed by atoms with Gasteiger partial charge in [-0.2, -0.15) is 5.10 Å².